The summed E-state index contributed by atoms with van der Waals surface area (Å²) in [6.45, 7) is 0. The largest absolute Gasteiger partial charge is 0.399 e. The summed E-state index contributed by atoms with van der Waals surface area (Å²) in [7, 11) is 0. The van der Waals surface area contributed by atoms with Gasteiger partial charge >= 0.3 is 0 Å². The Balaban J connectivity index is 2.16. The van der Waals surface area contributed by atoms with E-state index < -0.39 is 0 Å². The number of hydrazine groups is 1. The Hall–Kier alpha value is -1.75. The number of nitrogens with one attached hydrogen (secondary N) is 1. The van der Waals surface area contributed by atoms with Crippen LogP contribution >= 0.6 is 0 Å². The number of rotatable bonds is 7. The minimum Gasteiger partial charge on any atom is -0.399 e. The SMILES string of the molecule is NNC(=O)CCCCCCc1ccc(N)cc1N. The van der Waals surface area contributed by atoms with Crippen LogP contribution in [0.4, 0.5) is 11.4 Å². The molecule has 1 aromatic rings. The molecule has 0 saturated carbocycles. The number of unbranched alkanes of at least 4 members (excludes halogenated alkanes) is 3. The van der Waals surface area contributed by atoms with Crippen LogP contribution in [-0.2, 0) is 11.2 Å². The molecule has 0 aromatic heterocycles. The second kappa shape index (κ2) is 7.55. The summed E-state index contributed by atoms with van der Waals surface area (Å²) < 4.78 is 0. The highest BCUT2D eigenvalue weighted by atomic mass is 16.2. The van der Waals surface area contributed by atoms with Gasteiger partial charge in [0.25, 0.3) is 0 Å². The zero-order valence-electron chi connectivity index (χ0n) is 10.6. The minimum absolute atomic E-state index is 0.0993. The number of carbonyl (C=O) groups is 1. The summed E-state index contributed by atoms with van der Waals surface area (Å²) >= 11 is 0. The lowest BCUT2D eigenvalue weighted by atomic mass is 10.0. The van der Waals surface area contributed by atoms with E-state index in [1.807, 2.05) is 12.1 Å². The van der Waals surface area contributed by atoms with Crippen LogP contribution in [-0.4, -0.2) is 5.91 Å². The van der Waals surface area contributed by atoms with Crippen LogP contribution < -0.4 is 22.7 Å². The first-order valence-corrected chi connectivity index (χ1v) is 6.27. The number of carbonyl (C=O) groups excluding carboxylic acids is 1. The number of anilines is 2. The van der Waals surface area contributed by atoms with Crippen molar-refractivity contribution in [2.75, 3.05) is 11.5 Å². The topological polar surface area (TPSA) is 107 Å². The monoisotopic (exact) mass is 250 g/mol. The molecule has 0 aliphatic rings. The van der Waals surface area contributed by atoms with Crippen LogP contribution in [0.3, 0.4) is 0 Å². The lowest BCUT2D eigenvalue weighted by molar-refractivity contribution is -0.121. The number of nitrogen functional groups attached to an aromatic ring is 2. The highest BCUT2D eigenvalue weighted by molar-refractivity contribution is 5.75. The summed E-state index contributed by atoms with van der Waals surface area (Å²) in [5, 5.41) is 0. The zero-order chi connectivity index (χ0) is 13.4. The van der Waals surface area contributed by atoms with Crippen molar-refractivity contribution in [3.63, 3.8) is 0 Å². The van der Waals surface area contributed by atoms with Crippen LogP contribution in [0.15, 0.2) is 18.2 Å². The Morgan fingerprint density at radius 2 is 1.83 bits per heavy atom. The Morgan fingerprint density at radius 1 is 1.11 bits per heavy atom. The van der Waals surface area contributed by atoms with Crippen molar-refractivity contribution in [2.45, 2.75) is 38.5 Å². The molecule has 100 valence electrons. The predicted molar refractivity (Wildman–Crippen MR) is 74.4 cm³/mol. The van der Waals surface area contributed by atoms with Crippen molar-refractivity contribution in [3.8, 4) is 0 Å². The molecule has 0 fully saturated rings. The standard InChI is InChI=1S/C13H22N4O/c14-11-8-7-10(12(15)9-11)5-3-1-2-4-6-13(18)17-16/h7-9H,1-6,14-16H2,(H,17,18). The van der Waals surface area contributed by atoms with Crippen LogP contribution in [0.1, 0.15) is 37.7 Å². The second-order valence-corrected chi connectivity index (χ2v) is 4.44. The van der Waals surface area contributed by atoms with Crippen molar-refractivity contribution >= 4 is 17.3 Å². The Labute approximate surface area is 108 Å². The third kappa shape index (κ3) is 5.05. The first-order valence-electron chi connectivity index (χ1n) is 6.27. The highest BCUT2D eigenvalue weighted by Crippen LogP contribution is 2.18. The molecule has 0 aliphatic carbocycles. The highest BCUT2D eigenvalue weighted by Gasteiger charge is 2.01. The maximum Gasteiger partial charge on any atom is 0.233 e. The smallest absolute Gasteiger partial charge is 0.233 e. The number of hydrogen-bond acceptors (Lipinski definition) is 4. The summed E-state index contributed by atoms with van der Waals surface area (Å²) in [5.74, 6) is 4.89. The lowest BCUT2D eigenvalue weighted by Gasteiger charge is -2.06. The summed E-state index contributed by atoms with van der Waals surface area (Å²) in [6.07, 6.45) is 5.51. The number of nitrogens with two attached hydrogens (primary N) is 3. The summed E-state index contributed by atoms with van der Waals surface area (Å²) in [5.41, 5.74) is 16.2. The van der Waals surface area contributed by atoms with E-state index in [1.54, 1.807) is 6.07 Å². The van der Waals surface area contributed by atoms with Gasteiger partial charge in [0.2, 0.25) is 5.91 Å². The Kier molecular flexibility index (Phi) is 6.00. The van der Waals surface area contributed by atoms with Gasteiger partial charge in [0.05, 0.1) is 0 Å². The molecule has 0 heterocycles. The molecule has 18 heavy (non-hydrogen) atoms. The van der Waals surface area contributed by atoms with E-state index in [0.717, 1.165) is 43.4 Å². The Bertz CT molecular complexity index is 393. The number of hydrogen-bond donors (Lipinski definition) is 4. The minimum atomic E-state index is -0.0993. The molecule has 0 unspecified atom stereocenters. The maximum atomic E-state index is 10.9. The molecule has 5 nitrogen and oxygen atoms in total. The molecule has 1 rings (SSSR count). The number of amides is 1. The van der Waals surface area contributed by atoms with E-state index in [2.05, 4.69) is 5.43 Å². The molecule has 0 radical (unpaired) electrons. The molecule has 1 aromatic carbocycles. The average molecular weight is 250 g/mol. The molecule has 5 heteroatoms. The van der Waals surface area contributed by atoms with Crippen LogP contribution in [0.5, 0.6) is 0 Å². The second-order valence-electron chi connectivity index (χ2n) is 4.44. The molecule has 0 spiro atoms. The molecule has 0 atom stereocenters. The molecular formula is C13H22N4O. The quantitative estimate of drug-likeness (QED) is 0.192. The van der Waals surface area contributed by atoms with E-state index in [4.69, 9.17) is 17.3 Å². The maximum absolute atomic E-state index is 10.9. The summed E-state index contributed by atoms with van der Waals surface area (Å²) in [4.78, 5) is 10.9. The van der Waals surface area contributed by atoms with Gasteiger partial charge in [-0.1, -0.05) is 18.9 Å². The van der Waals surface area contributed by atoms with Gasteiger partial charge in [-0.3, -0.25) is 10.2 Å². The zero-order valence-corrected chi connectivity index (χ0v) is 10.6. The van der Waals surface area contributed by atoms with Gasteiger partial charge in [-0.05, 0) is 37.0 Å². The average Bonchev–Trinajstić information content (AvgIpc) is 2.35. The fraction of sp³-hybridized carbons (Fsp3) is 0.462. The number of benzene rings is 1. The van der Waals surface area contributed by atoms with Crippen molar-refractivity contribution in [2.24, 2.45) is 5.84 Å². The fourth-order valence-corrected chi connectivity index (χ4v) is 1.87. The van der Waals surface area contributed by atoms with Crippen molar-refractivity contribution in [3.05, 3.63) is 23.8 Å². The first kappa shape index (κ1) is 14.3. The van der Waals surface area contributed by atoms with Crippen LogP contribution in [0.25, 0.3) is 0 Å². The van der Waals surface area contributed by atoms with Crippen molar-refractivity contribution < 1.29 is 4.79 Å². The molecule has 1 amide bonds. The fourth-order valence-electron chi connectivity index (χ4n) is 1.87. The van der Waals surface area contributed by atoms with E-state index in [9.17, 15) is 4.79 Å². The van der Waals surface area contributed by atoms with E-state index in [1.165, 1.54) is 0 Å². The normalized spacial score (nSPS) is 10.3. The molecular weight excluding hydrogens is 228 g/mol. The van der Waals surface area contributed by atoms with Crippen LogP contribution in [0.2, 0.25) is 0 Å². The Morgan fingerprint density at radius 3 is 2.50 bits per heavy atom. The summed E-state index contributed by atoms with van der Waals surface area (Å²) in [6, 6.07) is 5.64. The van der Waals surface area contributed by atoms with Gasteiger partial charge in [0.1, 0.15) is 0 Å². The van der Waals surface area contributed by atoms with Crippen molar-refractivity contribution in [1.29, 1.82) is 0 Å². The number of aryl methyl sites for hydroxylation is 1. The third-order valence-electron chi connectivity index (χ3n) is 2.93. The molecule has 0 bridgehead atoms. The van der Waals surface area contributed by atoms with E-state index >= 15 is 0 Å². The van der Waals surface area contributed by atoms with Gasteiger partial charge in [0, 0.05) is 17.8 Å². The van der Waals surface area contributed by atoms with Gasteiger partial charge in [-0.15, -0.1) is 0 Å². The van der Waals surface area contributed by atoms with Gasteiger partial charge < -0.3 is 11.5 Å². The third-order valence-corrected chi connectivity index (χ3v) is 2.93. The molecule has 7 N–H and O–H groups in total. The van der Waals surface area contributed by atoms with E-state index in [0.29, 0.717) is 12.1 Å². The van der Waals surface area contributed by atoms with E-state index in [-0.39, 0.29) is 5.91 Å². The molecule has 0 aliphatic heterocycles. The van der Waals surface area contributed by atoms with Gasteiger partial charge in [0.15, 0.2) is 0 Å². The predicted octanol–water partition coefficient (Wildman–Crippen LogP) is 1.33. The van der Waals surface area contributed by atoms with Crippen LogP contribution in [0, 0.1) is 0 Å². The lowest BCUT2D eigenvalue weighted by Crippen LogP contribution is -2.29. The van der Waals surface area contributed by atoms with Crippen molar-refractivity contribution in [1.82, 2.24) is 5.43 Å². The first-order chi connectivity index (χ1) is 8.63. The van der Waals surface area contributed by atoms with Gasteiger partial charge in [-0.25, -0.2) is 5.84 Å². The van der Waals surface area contributed by atoms with Gasteiger partial charge in [-0.2, -0.15) is 0 Å². The molecule has 0 saturated heterocycles.